The fourth-order valence-corrected chi connectivity index (χ4v) is 3.06. The number of aryl methyl sites for hydroxylation is 1. The number of likely N-dealkylation sites (tertiary alicyclic amines) is 1. The number of ether oxygens (including phenoxy) is 1. The van der Waals surface area contributed by atoms with Crippen LogP contribution in [0.2, 0.25) is 5.02 Å². The molecule has 1 amide bonds. The van der Waals surface area contributed by atoms with Crippen LogP contribution in [0.3, 0.4) is 0 Å². The third-order valence-electron chi connectivity index (χ3n) is 4.10. The molecule has 25 heavy (non-hydrogen) atoms. The predicted octanol–water partition coefficient (Wildman–Crippen LogP) is 3.49. The van der Waals surface area contributed by atoms with Crippen molar-refractivity contribution in [2.45, 2.75) is 25.9 Å². The van der Waals surface area contributed by atoms with E-state index in [2.05, 4.69) is 0 Å². The Morgan fingerprint density at radius 1 is 1.40 bits per heavy atom. The standard InChI is InChI=1S/C18H18ClNO5/c1-2-15-14(18(22)23)9-16(25-15)17(21)20-7-6-13(10-20)24-12-5-3-4-11(19)8-12/h3-5,8-9,13H,2,6-7,10H2,1H3,(H,22,23). The van der Waals surface area contributed by atoms with Crippen molar-refractivity contribution in [1.82, 2.24) is 4.90 Å². The number of furan rings is 1. The van der Waals surface area contributed by atoms with Crippen molar-refractivity contribution in [2.24, 2.45) is 0 Å². The van der Waals surface area contributed by atoms with Gasteiger partial charge in [0.25, 0.3) is 5.91 Å². The molecule has 1 saturated heterocycles. The number of carbonyl (C=O) groups is 2. The van der Waals surface area contributed by atoms with Crippen molar-refractivity contribution >= 4 is 23.5 Å². The Hall–Kier alpha value is -2.47. The highest BCUT2D eigenvalue weighted by atomic mass is 35.5. The second-order valence-corrected chi connectivity index (χ2v) is 6.28. The molecular formula is C18H18ClNO5. The van der Waals surface area contributed by atoms with E-state index >= 15 is 0 Å². The molecule has 0 spiro atoms. The summed E-state index contributed by atoms with van der Waals surface area (Å²) in [5.74, 6) is -0.395. The summed E-state index contributed by atoms with van der Waals surface area (Å²) >= 11 is 5.94. The van der Waals surface area contributed by atoms with Crippen LogP contribution in [0.1, 0.15) is 40.0 Å². The number of hydrogen-bond donors (Lipinski definition) is 1. The minimum Gasteiger partial charge on any atom is -0.488 e. The number of carboxylic acid groups (broad SMARTS) is 1. The number of carbonyl (C=O) groups excluding carboxylic acids is 1. The zero-order valence-corrected chi connectivity index (χ0v) is 14.5. The van der Waals surface area contributed by atoms with E-state index in [1.807, 2.05) is 6.07 Å². The molecule has 3 rings (SSSR count). The first-order valence-electron chi connectivity index (χ1n) is 8.05. The quantitative estimate of drug-likeness (QED) is 0.879. The highest BCUT2D eigenvalue weighted by molar-refractivity contribution is 6.30. The first-order valence-corrected chi connectivity index (χ1v) is 8.43. The lowest BCUT2D eigenvalue weighted by Crippen LogP contribution is -2.30. The molecule has 0 saturated carbocycles. The first kappa shape index (κ1) is 17.4. The van der Waals surface area contributed by atoms with Crippen molar-refractivity contribution in [3.05, 3.63) is 52.4 Å². The second-order valence-electron chi connectivity index (χ2n) is 5.84. The van der Waals surface area contributed by atoms with Crippen LogP contribution >= 0.6 is 11.6 Å². The summed E-state index contributed by atoms with van der Waals surface area (Å²) in [6, 6.07) is 8.41. The maximum atomic E-state index is 12.6. The summed E-state index contributed by atoms with van der Waals surface area (Å²) in [6.45, 7) is 2.72. The van der Waals surface area contributed by atoms with Crippen LogP contribution in [0.25, 0.3) is 0 Å². The lowest BCUT2D eigenvalue weighted by Gasteiger charge is -2.16. The zero-order chi connectivity index (χ0) is 18.0. The van der Waals surface area contributed by atoms with Gasteiger partial charge in [-0.25, -0.2) is 4.79 Å². The molecule has 0 radical (unpaired) electrons. The lowest BCUT2D eigenvalue weighted by atomic mass is 10.2. The Balaban J connectivity index is 1.67. The third kappa shape index (κ3) is 3.79. The highest BCUT2D eigenvalue weighted by Crippen LogP contribution is 2.24. The number of amides is 1. The Morgan fingerprint density at radius 2 is 2.20 bits per heavy atom. The summed E-state index contributed by atoms with van der Waals surface area (Å²) in [6.07, 6.45) is 0.961. The topological polar surface area (TPSA) is 80.0 Å². The minimum atomic E-state index is -1.09. The van der Waals surface area contributed by atoms with Crippen LogP contribution in [-0.2, 0) is 6.42 Å². The van der Waals surface area contributed by atoms with Crippen LogP contribution in [0.4, 0.5) is 0 Å². The van der Waals surface area contributed by atoms with Crippen LogP contribution < -0.4 is 4.74 Å². The van der Waals surface area contributed by atoms with Crippen LogP contribution in [0.15, 0.2) is 34.7 Å². The fourth-order valence-electron chi connectivity index (χ4n) is 2.88. The summed E-state index contributed by atoms with van der Waals surface area (Å²) in [5, 5.41) is 9.76. The maximum absolute atomic E-state index is 12.6. The van der Waals surface area contributed by atoms with E-state index in [0.717, 1.165) is 0 Å². The monoisotopic (exact) mass is 363 g/mol. The molecule has 1 unspecified atom stereocenters. The van der Waals surface area contributed by atoms with E-state index in [1.165, 1.54) is 6.07 Å². The molecule has 0 aliphatic carbocycles. The van der Waals surface area contributed by atoms with Crippen LogP contribution in [-0.4, -0.2) is 41.1 Å². The number of halogens is 1. The summed E-state index contributed by atoms with van der Waals surface area (Å²) < 4.78 is 11.3. The van der Waals surface area contributed by atoms with Gasteiger partial charge in [-0.15, -0.1) is 0 Å². The second kappa shape index (κ2) is 7.19. The molecule has 0 bridgehead atoms. The molecule has 1 fully saturated rings. The van der Waals surface area contributed by atoms with Gasteiger partial charge in [0.15, 0.2) is 5.76 Å². The van der Waals surface area contributed by atoms with Gasteiger partial charge in [0.1, 0.15) is 23.2 Å². The van der Waals surface area contributed by atoms with Gasteiger partial charge >= 0.3 is 5.97 Å². The van der Waals surface area contributed by atoms with E-state index in [-0.39, 0.29) is 23.3 Å². The number of benzene rings is 1. The van der Waals surface area contributed by atoms with Gasteiger partial charge in [-0.05, 0) is 18.2 Å². The van der Waals surface area contributed by atoms with Crippen molar-refractivity contribution in [2.75, 3.05) is 13.1 Å². The molecule has 1 N–H and O–H groups in total. The maximum Gasteiger partial charge on any atom is 0.339 e. The SMILES string of the molecule is CCc1oc(C(=O)N2CCC(Oc3cccc(Cl)c3)C2)cc1C(=O)O. The number of aromatic carboxylic acids is 1. The molecule has 1 aromatic carbocycles. The summed E-state index contributed by atoms with van der Waals surface area (Å²) in [4.78, 5) is 25.4. The minimum absolute atomic E-state index is 0.0387. The molecule has 6 nitrogen and oxygen atoms in total. The first-order chi connectivity index (χ1) is 12.0. The predicted molar refractivity (Wildman–Crippen MR) is 91.4 cm³/mol. The lowest BCUT2D eigenvalue weighted by molar-refractivity contribution is 0.0692. The molecule has 1 aliphatic rings. The van der Waals surface area contributed by atoms with E-state index in [4.69, 9.17) is 20.8 Å². The van der Waals surface area contributed by atoms with Crippen LogP contribution in [0, 0.1) is 0 Å². The van der Waals surface area contributed by atoms with Gasteiger partial charge in [0.2, 0.25) is 0 Å². The Kier molecular flexibility index (Phi) is 4.99. The largest absolute Gasteiger partial charge is 0.488 e. The van der Waals surface area contributed by atoms with Crippen LogP contribution in [0.5, 0.6) is 5.75 Å². The molecular weight excluding hydrogens is 346 g/mol. The Labute approximate surface area is 149 Å². The van der Waals surface area contributed by atoms with Gasteiger partial charge in [0, 0.05) is 30.5 Å². The fraction of sp³-hybridized carbons (Fsp3) is 0.333. The highest BCUT2D eigenvalue weighted by Gasteiger charge is 2.31. The average molecular weight is 364 g/mol. The van der Waals surface area contributed by atoms with E-state index < -0.39 is 5.97 Å². The average Bonchev–Trinajstić information content (AvgIpc) is 3.21. The van der Waals surface area contributed by atoms with E-state index in [9.17, 15) is 14.7 Å². The van der Waals surface area contributed by atoms with Crippen molar-refractivity contribution in [1.29, 1.82) is 0 Å². The molecule has 2 heterocycles. The molecule has 1 aromatic heterocycles. The Bertz CT molecular complexity index is 801. The third-order valence-corrected chi connectivity index (χ3v) is 4.34. The summed E-state index contributed by atoms with van der Waals surface area (Å²) in [7, 11) is 0. The summed E-state index contributed by atoms with van der Waals surface area (Å²) in [5.41, 5.74) is 0.0387. The molecule has 1 atom stereocenters. The van der Waals surface area contributed by atoms with E-state index in [0.29, 0.717) is 42.5 Å². The number of carboxylic acids is 1. The number of nitrogens with zero attached hydrogens (tertiary/aromatic N) is 1. The number of hydrogen-bond acceptors (Lipinski definition) is 4. The number of rotatable bonds is 5. The molecule has 2 aromatic rings. The van der Waals surface area contributed by atoms with Crippen molar-refractivity contribution in [3.63, 3.8) is 0 Å². The molecule has 132 valence electrons. The van der Waals surface area contributed by atoms with Crippen molar-refractivity contribution in [3.8, 4) is 5.75 Å². The van der Waals surface area contributed by atoms with Gasteiger partial charge in [-0.1, -0.05) is 24.6 Å². The Morgan fingerprint density at radius 3 is 2.84 bits per heavy atom. The van der Waals surface area contributed by atoms with Gasteiger partial charge in [-0.3, -0.25) is 4.79 Å². The van der Waals surface area contributed by atoms with E-state index in [1.54, 1.807) is 30.0 Å². The molecule has 7 heteroatoms. The normalized spacial score (nSPS) is 16.9. The van der Waals surface area contributed by atoms with Crippen molar-refractivity contribution < 1.29 is 23.8 Å². The molecule has 1 aliphatic heterocycles. The van der Waals surface area contributed by atoms with Gasteiger partial charge in [0.05, 0.1) is 6.54 Å². The smallest absolute Gasteiger partial charge is 0.339 e. The zero-order valence-electron chi connectivity index (χ0n) is 13.7. The van der Waals surface area contributed by atoms with Gasteiger partial charge < -0.3 is 19.2 Å². The van der Waals surface area contributed by atoms with Gasteiger partial charge in [-0.2, -0.15) is 0 Å².